The largest absolute Gasteiger partial charge is 0.481 e. The summed E-state index contributed by atoms with van der Waals surface area (Å²) in [5.74, 6) is -1.38. The van der Waals surface area contributed by atoms with Gasteiger partial charge in [0.2, 0.25) is 5.91 Å². The third-order valence-electron chi connectivity index (χ3n) is 2.98. The summed E-state index contributed by atoms with van der Waals surface area (Å²) in [5.41, 5.74) is -0.358. The van der Waals surface area contributed by atoms with E-state index in [0.29, 0.717) is 5.56 Å². The number of amides is 1. The van der Waals surface area contributed by atoms with E-state index in [0.717, 1.165) is 0 Å². The fraction of sp³-hybridized carbons (Fsp3) is 0.467. The van der Waals surface area contributed by atoms with Gasteiger partial charge in [0, 0.05) is 17.5 Å². The van der Waals surface area contributed by atoms with Gasteiger partial charge in [-0.1, -0.05) is 18.2 Å². The summed E-state index contributed by atoms with van der Waals surface area (Å²) < 4.78 is 29.0. The number of alkyl halides is 2. The number of nitrogens with one attached hydrogen (secondary N) is 1. The molecule has 1 rings (SSSR count). The number of rotatable bonds is 8. The molecule has 0 aromatic heterocycles. The molecule has 0 saturated heterocycles. The first kappa shape index (κ1) is 17.9. The van der Waals surface area contributed by atoms with Crippen LogP contribution in [0.1, 0.15) is 32.3 Å². The standard InChI is InChI=1S/C15H19F2NO4/c1-15(2,8-7-13(20)21)18-12(19)9-10-5-3-4-6-11(10)22-14(16)17/h3-6,14H,7-9H2,1-2H3,(H,18,19)(H,20,21). The maximum Gasteiger partial charge on any atom is 0.387 e. The molecule has 122 valence electrons. The number of aliphatic carboxylic acids is 1. The van der Waals surface area contributed by atoms with Crippen LogP contribution < -0.4 is 10.1 Å². The van der Waals surface area contributed by atoms with Crippen LogP contribution in [0, 0.1) is 0 Å². The Morgan fingerprint density at radius 2 is 1.95 bits per heavy atom. The molecule has 1 aromatic rings. The quantitative estimate of drug-likeness (QED) is 0.773. The Balaban J connectivity index is 2.67. The van der Waals surface area contributed by atoms with Gasteiger partial charge in [-0.3, -0.25) is 9.59 Å². The van der Waals surface area contributed by atoms with E-state index in [1.807, 2.05) is 0 Å². The van der Waals surface area contributed by atoms with E-state index in [1.165, 1.54) is 18.2 Å². The van der Waals surface area contributed by atoms with Crippen molar-refractivity contribution in [3.63, 3.8) is 0 Å². The zero-order valence-electron chi connectivity index (χ0n) is 12.4. The summed E-state index contributed by atoms with van der Waals surface area (Å²) in [4.78, 5) is 22.6. The fourth-order valence-electron chi connectivity index (χ4n) is 1.94. The summed E-state index contributed by atoms with van der Waals surface area (Å²) in [6.45, 7) is 0.446. The second kappa shape index (κ2) is 7.72. The Morgan fingerprint density at radius 3 is 2.55 bits per heavy atom. The molecular weight excluding hydrogens is 296 g/mol. The molecule has 2 N–H and O–H groups in total. The summed E-state index contributed by atoms with van der Waals surface area (Å²) in [7, 11) is 0. The second-order valence-corrected chi connectivity index (χ2v) is 5.49. The van der Waals surface area contributed by atoms with Gasteiger partial charge in [-0.25, -0.2) is 0 Å². The van der Waals surface area contributed by atoms with E-state index in [4.69, 9.17) is 5.11 Å². The van der Waals surface area contributed by atoms with Crippen molar-refractivity contribution < 1.29 is 28.2 Å². The van der Waals surface area contributed by atoms with Gasteiger partial charge in [0.25, 0.3) is 0 Å². The SMILES string of the molecule is CC(C)(CCC(=O)O)NC(=O)Cc1ccccc1OC(F)F. The van der Waals surface area contributed by atoms with E-state index >= 15 is 0 Å². The molecule has 0 aliphatic carbocycles. The maximum absolute atomic E-state index is 12.3. The number of carboxylic acids is 1. The lowest BCUT2D eigenvalue weighted by Crippen LogP contribution is -2.44. The van der Waals surface area contributed by atoms with E-state index in [9.17, 15) is 18.4 Å². The summed E-state index contributed by atoms with van der Waals surface area (Å²) in [6.07, 6.45) is 0.0704. The number of hydrogen-bond acceptors (Lipinski definition) is 3. The number of carbonyl (C=O) groups excluding carboxylic acids is 1. The van der Waals surface area contributed by atoms with Gasteiger partial charge in [0.15, 0.2) is 0 Å². The van der Waals surface area contributed by atoms with Crippen LogP contribution >= 0.6 is 0 Å². The average molecular weight is 315 g/mol. The summed E-state index contributed by atoms with van der Waals surface area (Å²) in [5, 5.41) is 11.4. The van der Waals surface area contributed by atoms with Crippen molar-refractivity contribution in [3.05, 3.63) is 29.8 Å². The zero-order valence-corrected chi connectivity index (χ0v) is 12.4. The minimum atomic E-state index is -2.96. The maximum atomic E-state index is 12.3. The number of para-hydroxylation sites is 1. The number of carbonyl (C=O) groups is 2. The summed E-state index contributed by atoms with van der Waals surface area (Å²) >= 11 is 0. The lowest BCUT2D eigenvalue weighted by molar-refractivity contribution is -0.137. The predicted molar refractivity (Wildman–Crippen MR) is 75.9 cm³/mol. The summed E-state index contributed by atoms with van der Waals surface area (Å²) in [6, 6.07) is 6.05. The topological polar surface area (TPSA) is 75.6 Å². The smallest absolute Gasteiger partial charge is 0.387 e. The fourth-order valence-corrected chi connectivity index (χ4v) is 1.94. The molecule has 0 heterocycles. The first-order valence-corrected chi connectivity index (χ1v) is 6.75. The van der Waals surface area contributed by atoms with Crippen molar-refractivity contribution in [2.24, 2.45) is 0 Å². The molecule has 0 fully saturated rings. The van der Waals surface area contributed by atoms with E-state index in [-0.39, 0.29) is 30.9 Å². The molecule has 0 spiro atoms. The van der Waals surface area contributed by atoms with Crippen LogP contribution in [0.4, 0.5) is 8.78 Å². The van der Waals surface area contributed by atoms with Crippen LogP contribution in [0.2, 0.25) is 0 Å². The van der Waals surface area contributed by atoms with Crippen LogP contribution in [-0.2, 0) is 16.0 Å². The molecule has 7 heteroatoms. The highest BCUT2D eigenvalue weighted by Crippen LogP contribution is 2.21. The van der Waals surface area contributed by atoms with Crippen molar-refractivity contribution in [2.45, 2.75) is 45.3 Å². The number of benzene rings is 1. The van der Waals surface area contributed by atoms with E-state index < -0.39 is 18.1 Å². The van der Waals surface area contributed by atoms with Crippen LogP contribution in [0.15, 0.2) is 24.3 Å². The van der Waals surface area contributed by atoms with Crippen LogP contribution in [0.25, 0.3) is 0 Å². The highest BCUT2D eigenvalue weighted by Gasteiger charge is 2.22. The first-order chi connectivity index (χ1) is 10.2. The molecule has 0 bridgehead atoms. The Kier molecular flexibility index (Phi) is 6.27. The van der Waals surface area contributed by atoms with Gasteiger partial charge in [-0.15, -0.1) is 0 Å². The molecule has 0 aliphatic heterocycles. The molecule has 0 atom stereocenters. The Bertz CT molecular complexity index is 532. The van der Waals surface area contributed by atoms with Crippen molar-refractivity contribution in [1.82, 2.24) is 5.32 Å². The van der Waals surface area contributed by atoms with Crippen LogP contribution in [-0.4, -0.2) is 29.1 Å². The molecule has 0 radical (unpaired) electrons. The molecule has 22 heavy (non-hydrogen) atoms. The molecule has 0 unspecified atom stereocenters. The van der Waals surface area contributed by atoms with Gasteiger partial charge in [0.05, 0.1) is 6.42 Å². The van der Waals surface area contributed by atoms with Gasteiger partial charge in [-0.05, 0) is 26.3 Å². The van der Waals surface area contributed by atoms with Crippen LogP contribution in [0.3, 0.4) is 0 Å². The lowest BCUT2D eigenvalue weighted by atomic mass is 9.97. The minimum Gasteiger partial charge on any atom is -0.481 e. The first-order valence-electron chi connectivity index (χ1n) is 6.75. The minimum absolute atomic E-state index is 0.0454. The highest BCUT2D eigenvalue weighted by molar-refractivity contribution is 5.80. The van der Waals surface area contributed by atoms with Crippen molar-refractivity contribution >= 4 is 11.9 Å². The monoisotopic (exact) mass is 315 g/mol. The number of ether oxygens (including phenoxy) is 1. The van der Waals surface area contributed by atoms with Crippen molar-refractivity contribution in [3.8, 4) is 5.75 Å². The zero-order chi connectivity index (χ0) is 16.8. The van der Waals surface area contributed by atoms with Crippen LogP contribution in [0.5, 0.6) is 5.75 Å². The Labute approximate surface area is 127 Å². The average Bonchev–Trinajstić information content (AvgIpc) is 2.37. The number of hydrogen-bond donors (Lipinski definition) is 2. The molecular formula is C15H19F2NO4. The van der Waals surface area contributed by atoms with E-state index in [1.54, 1.807) is 19.9 Å². The van der Waals surface area contributed by atoms with Gasteiger partial charge < -0.3 is 15.2 Å². The molecule has 1 aromatic carbocycles. The third kappa shape index (κ3) is 6.51. The van der Waals surface area contributed by atoms with Gasteiger partial charge >= 0.3 is 12.6 Å². The van der Waals surface area contributed by atoms with E-state index in [2.05, 4.69) is 10.1 Å². The normalized spacial score (nSPS) is 11.3. The third-order valence-corrected chi connectivity index (χ3v) is 2.98. The lowest BCUT2D eigenvalue weighted by Gasteiger charge is -2.25. The van der Waals surface area contributed by atoms with Crippen molar-refractivity contribution in [2.75, 3.05) is 0 Å². The Morgan fingerprint density at radius 1 is 1.32 bits per heavy atom. The molecule has 0 saturated carbocycles. The molecule has 1 amide bonds. The second-order valence-electron chi connectivity index (χ2n) is 5.49. The predicted octanol–water partition coefficient (Wildman–Crippen LogP) is 2.59. The van der Waals surface area contributed by atoms with Gasteiger partial charge in [0.1, 0.15) is 5.75 Å². The molecule has 5 nitrogen and oxygen atoms in total. The number of carboxylic acid groups (broad SMARTS) is 1. The Hall–Kier alpha value is -2.18. The highest BCUT2D eigenvalue weighted by atomic mass is 19.3. The number of halogens is 2. The van der Waals surface area contributed by atoms with Gasteiger partial charge in [-0.2, -0.15) is 8.78 Å². The van der Waals surface area contributed by atoms with Crippen molar-refractivity contribution in [1.29, 1.82) is 0 Å². The molecule has 0 aliphatic rings.